The minimum Gasteiger partial charge on any atom is -0.496 e. The van der Waals surface area contributed by atoms with Gasteiger partial charge in [-0.05, 0) is 36.9 Å². The largest absolute Gasteiger partial charge is 0.496 e. The van der Waals surface area contributed by atoms with E-state index in [4.69, 9.17) is 9.72 Å². The first-order valence-electron chi connectivity index (χ1n) is 9.46. The van der Waals surface area contributed by atoms with Gasteiger partial charge >= 0.3 is 0 Å². The van der Waals surface area contributed by atoms with Gasteiger partial charge in [-0.25, -0.2) is 9.37 Å². The second-order valence-electron chi connectivity index (χ2n) is 7.20. The van der Waals surface area contributed by atoms with Crippen LogP contribution in [0.2, 0.25) is 0 Å². The smallest absolute Gasteiger partial charge is 0.134 e. The van der Waals surface area contributed by atoms with Crippen LogP contribution in [0.3, 0.4) is 0 Å². The zero-order valence-electron chi connectivity index (χ0n) is 16.0. The molecule has 28 heavy (non-hydrogen) atoms. The molecule has 6 nitrogen and oxygen atoms in total. The predicted molar refractivity (Wildman–Crippen MR) is 107 cm³/mol. The maximum absolute atomic E-state index is 14.4. The van der Waals surface area contributed by atoms with Crippen molar-refractivity contribution in [1.82, 2.24) is 15.6 Å². The van der Waals surface area contributed by atoms with Crippen molar-refractivity contribution in [2.75, 3.05) is 32.1 Å². The van der Waals surface area contributed by atoms with Gasteiger partial charge in [-0.15, -0.1) is 0 Å². The van der Waals surface area contributed by atoms with Crippen LogP contribution in [0.1, 0.15) is 23.7 Å². The Labute approximate surface area is 164 Å². The number of hydrogen-bond acceptors (Lipinski definition) is 6. The molecule has 3 N–H and O–H groups in total. The Bertz CT molecular complexity index is 888. The molecule has 148 valence electrons. The van der Waals surface area contributed by atoms with Crippen molar-refractivity contribution < 1.29 is 14.2 Å². The normalized spacial score (nSPS) is 24.2. The van der Waals surface area contributed by atoms with E-state index in [9.17, 15) is 9.50 Å². The lowest BCUT2D eigenvalue weighted by Gasteiger charge is -2.19. The van der Waals surface area contributed by atoms with Crippen molar-refractivity contribution >= 4 is 11.4 Å². The number of benzene rings is 1. The number of aromatic nitrogens is 1. The molecule has 0 bridgehead atoms. The van der Waals surface area contributed by atoms with Gasteiger partial charge in [0.05, 0.1) is 36.6 Å². The number of aliphatic hydroxyl groups excluding tert-OH is 1. The Balaban J connectivity index is 1.52. The standard InChI is InChI=1S/C21H25FN4O2/c1-23-17-11-26(12-18(17)27)20-8-4-6-15(25-20)16-9-13(10-24-16)21-14(22)5-3-7-19(21)28-2/h3-8,10,16-18,23-24,27H,9,11-12H2,1-2H3/t16?,17-,18-/m1/s1. The Hall–Kier alpha value is -2.64. The third-order valence-electron chi connectivity index (χ3n) is 5.50. The van der Waals surface area contributed by atoms with Gasteiger partial charge in [0, 0.05) is 25.7 Å². The Morgan fingerprint density at radius 1 is 1.25 bits per heavy atom. The molecule has 7 heteroatoms. The predicted octanol–water partition coefficient (Wildman–Crippen LogP) is 2.07. The fourth-order valence-electron chi connectivity index (χ4n) is 3.96. The zero-order valence-corrected chi connectivity index (χ0v) is 16.0. The molecule has 2 aliphatic rings. The second-order valence-corrected chi connectivity index (χ2v) is 7.20. The Kier molecular flexibility index (Phi) is 5.19. The monoisotopic (exact) mass is 384 g/mol. The third kappa shape index (κ3) is 3.43. The second kappa shape index (κ2) is 7.77. The lowest BCUT2D eigenvalue weighted by molar-refractivity contribution is 0.168. The highest BCUT2D eigenvalue weighted by atomic mass is 19.1. The van der Waals surface area contributed by atoms with Gasteiger partial charge in [0.1, 0.15) is 17.4 Å². The summed E-state index contributed by atoms with van der Waals surface area (Å²) in [5.74, 6) is 1.08. The van der Waals surface area contributed by atoms with Crippen LogP contribution in [0.25, 0.3) is 5.57 Å². The SMILES string of the molecule is CN[C@@H]1CN(c2cccc(C3CC(c4c(F)cccc4OC)=CN3)n2)C[C@H]1O. The molecule has 1 aromatic heterocycles. The first-order valence-corrected chi connectivity index (χ1v) is 9.46. The number of aliphatic hydroxyl groups is 1. The Morgan fingerprint density at radius 3 is 2.82 bits per heavy atom. The van der Waals surface area contributed by atoms with E-state index in [0.717, 1.165) is 17.1 Å². The lowest BCUT2D eigenvalue weighted by atomic mass is 9.99. The van der Waals surface area contributed by atoms with Crippen LogP contribution in [-0.4, -0.2) is 49.5 Å². The molecule has 2 aromatic rings. The van der Waals surface area contributed by atoms with E-state index in [1.54, 1.807) is 19.2 Å². The van der Waals surface area contributed by atoms with E-state index < -0.39 is 6.10 Å². The molecule has 0 spiro atoms. The number of methoxy groups -OCH3 is 1. The van der Waals surface area contributed by atoms with Crippen LogP contribution in [0.5, 0.6) is 5.75 Å². The quantitative estimate of drug-likeness (QED) is 0.733. The maximum Gasteiger partial charge on any atom is 0.134 e. The molecular weight excluding hydrogens is 359 g/mol. The fourth-order valence-corrected chi connectivity index (χ4v) is 3.96. The van der Waals surface area contributed by atoms with Crippen LogP contribution in [-0.2, 0) is 0 Å². The topological polar surface area (TPSA) is 69.7 Å². The first kappa shape index (κ1) is 18.7. The summed E-state index contributed by atoms with van der Waals surface area (Å²) in [6.07, 6.45) is 2.05. The molecule has 3 atom stereocenters. The van der Waals surface area contributed by atoms with E-state index >= 15 is 0 Å². The number of likely N-dealkylation sites (N-methyl/N-ethyl adjacent to an activating group) is 1. The van der Waals surface area contributed by atoms with Gasteiger partial charge in [0.15, 0.2) is 0 Å². The highest BCUT2D eigenvalue weighted by molar-refractivity contribution is 5.73. The van der Waals surface area contributed by atoms with Crippen molar-refractivity contribution in [3.63, 3.8) is 0 Å². The summed E-state index contributed by atoms with van der Waals surface area (Å²) in [5.41, 5.74) is 2.25. The summed E-state index contributed by atoms with van der Waals surface area (Å²) in [7, 11) is 3.40. The molecule has 1 unspecified atom stereocenters. The molecule has 1 fully saturated rings. The molecule has 0 amide bonds. The highest BCUT2D eigenvalue weighted by Crippen LogP contribution is 2.37. The molecular formula is C21H25FN4O2. The Morgan fingerprint density at radius 2 is 2.07 bits per heavy atom. The average Bonchev–Trinajstić information content (AvgIpc) is 3.34. The first-order chi connectivity index (χ1) is 13.6. The molecule has 0 saturated carbocycles. The van der Waals surface area contributed by atoms with Crippen molar-refractivity contribution in [3.8, 4) is 5.75 Å². The summed E-state index contributed by atoms with van der Waals surface area (Å²) in [6, 6.07) is 10.8. The summed E-state index contributed by atoms with van der Waals surface area (Å²) >= 11 is 0. The number of halogens is 1. The van der Waals surface area contributed by atoms with E-state index in [1.807, 2.05) is 31.4 Å². The minimum absolute atomic E-state index is 0.0353. The summed E-state index contributed by atoms with van der Waals surface area (Å²) in [6.45, 7) is 1.26. The van der Waals surface area contributed by atoms with Gasteiger partial charge in [-0.2, -0.15) is 0 Å². The number of rotatable bonds is 5. The maximum atomic E-state index is 14.4. The molecule has 1 saturated heterocycles. The van der Waals surface area contributed by atoms with E-state index in [-0.39, 0.29) is 17.9 Å². The van der Waals surface area contributed by atoms with E-state index in [2.05, 4.69) is 15.5 Å². The molecule has 3 heterocycles. The summed E-state index contributed by atoms with van der Waals surface area (Å²) < 4.78 is 19.7. The van der Waals surface area contributed by atoms with Crippen LogP contribution in [0, 0.1) is 5.82 Å². The summed E-state index contributed by atoms with van der Waals surface area (Å²) in [4.78, 5) is 6.88. The third-order valence-corrected chi connectivity index (χ3v) is 5.50. The van der Waals surface area contributed by atoms with Crippen LogP contribution in [0.15, 0.2) is 42.6 Å². The zero-order chi connectivity index (χ0) is 19.7. The number of ether oxygens (including phenoxy) is 1. The van der Waals surface area contributed by atoms with Gasteiger partial charge in [0.2, 0.25) is 0 Å². The van der Waals surface area contributed by atoms with E-state index in [1.165, 1.54) is 6.07 Å². The van der Waals surface area contributed by atoms with Crippen LogP contribution >= 0.6 is 0 Å². The lowest BCUT2D eigenvalue weighted by Crippen LogP contribution is -2.36. The average molecular weight is 384 g/mol. The fraction of sp³-hybridized carbons (Fsp3) is 0.381. The molecule has 0 aliphatic carbocycles. The van der Waals surface area contributed by atoms with Crippen molar-refractivity contribution in [3.05, 3.63) is 59.7 Å². The number of nitrogens with zero attached hydrogens (tertiary/aromatic N) is 2. The molecule has 2 aliphatic heterocycles. The van der Waals surface area contributed by atoms with Crippen molar-refractivity contribution in [2.24, 2.45) is 0 Å². The van der Waals surface area contributed by atoms with Crippen LogP contribution in [0.4, 0.5) is 10.2 Å². The number of nitrogens with one attached hydrogen (secondary N) is 2. The number of β-amino-alcohol motifs (C(OH)–C–C–N with tert-alkyl or cyclic N) is 1. The molecule has 0 radical (unpaired) electrons. The molecule has 4 rings (SSSR count). The summed E-state index contributed by atoms with van der Waals surface area (Å²) in [5, 5.41) is 16.6. The highest BCUT2D eigenvalue weighted by Gasteiger charge is 2.31. The number of anilines is 1. The number of hydrogen-bond donors (Lipinski definition) is 3. The van der Waals surface area contributed by atoms with Gasteiger partial charge in [-0.1, -0.05) is 12.1 Å². The molecule has 1 aromatic carbocycles. The van der Waals surface area contributed by atoms with Gasteiger partial charge < -0.3 is 25.4 Å². The van der Waals surface area contributed by atoms with Crippen molar-refractivity contribution in [2.45, 2.75) is 24.6 Å². The van der Waals surface area contributed by atoms with E-state index in [0.29, 0.717) is 30.8 Å². The van der Waals surface area contributed by atoms with Gasteiger partial charge in [-0.3, -0.25) is 0 Å². The number of pyridine rings is 1. The van der Waals surface area contributed by atoms with Crippen LogP contribution < -0.4 is 20.3 Å². The minimum atomic E-state index is -0.415. The van der Waals surface area contributed by atoms with Crippen molar-refractivity contribution in [1.29, 1.82) is 0 Å². The van der Waals surface area contributed by atoms with Gasteiger partial charge in [0.25, 0.3) is 0 Å².